The van der Waals surface area contributed by atoms with Crippen molar-refractivity contribution in [2.24, 2.45) is 0 Å². The molecule has 0 radical (unpaired) electrons. The second kappa shape index (κ2) is 5.61. The van der Waals surface area contributed by atoms with E-state index >= 15 is 0 Å². The summed E-state index contributed by atoms with van der Waals surface area (Å²) >= 11 is 4.17. The van der Waals surface area contributed by atoms with E-state index in [0.717, 1.165) is 11.3 Å². The Bertz CT molecular complexity index is 632. The van der Waals surface area contributed by atoms with Gasteiger partial charge in [0.25, 0.3) is 5.56 Å². The van der Waals surface area contributed by atoms with Crippen molar-refractivity contribution in [2.45, 2.75) is 25.6 Å². The summed E-state index contributed by atoms with van der Waals surface area (Å²) in [5.74, 6) is 0.129. The number of rotatable bonds is 3. The molecule has 1 aromatic heterocycles. The number of nitrogens with zero attached hydrogens (tertiary/aromatic N) is 1. The van der Waals surface area contributed by atoms with Crippen LogP contribution < -0.4 is 5.56 Å². The molecule has 0 unspecified atom stereocenters. The molecule has 2 aromatic rings. The van der Waals surface area contributed by atoms with Gasteiger partial charge in [-0.15, -0.1) is 0 Å². The topological polar surface area (TPSA) is 22.0 Å². The van der Waals surface area contributed by atoms with Crippen LogP contribution in [0.2, 0.25) is 0 Å². The van der Waals surface area contributed by atoms with Gasteiger partial charge in [-0.05, 0) is 49.7 Å². The summed E-state index contributed by atoms with van der Waals surface area (Å²) in [4.78, 5) is 12.3. The Balaban J connectivity index is 2.67. The maximum atomic E-state index is 13.0. The molecule has 1 aromatic carbocycles. The molecule has 0 bridgehead atoms. The zero-order valence-corrected chi connectivity index (χ0v) is 11.8. The van der Waals surface area contributed by atoms with Gasteiger partial charge in [0.15, 0.2) is 0 Å². The molecule has 0 spiro atoms. The first-order valence-corrected chi connectivity index (χ1v) is 6.79. The Kier molecular flexibility index (Phi) is 4.10. The first kappa shape index (κ1) is 13.9. The minimum Gasteiger partial charge on any atom is -0.306 e. The lowest BCUT2D eigenvalue weighted by molar-refractivity contribution is 0.581. The van der Waals surface area contributed by atoms with Crippen LogP contribution in [0.4, 0.5) is 4.39 Å². The van der Waals surface area contributed by atoms with Crippen LogP contribution >= 0.6 is 12.6 Å². The number of halogens is 1. The van der Waals surface area contributed by atoms with Gasteiger partial charge in [0.2, 0.25) is 0 Å². The molecule has 4 heteroatoms. The van der Waals surface area contributed by atoms with Gasteiger partial charge in [-0.25, -0.2) is 4.39 Å². The summed E-state index contributed by atoms with van der Waals surface area (Å²) in [7, 11) is 0. The van der Waals surface area contributed by atoms with Crippen LogP contribution in [0.1, 0.15) is 25.5 Å². The van der Waals surface area contributed by atoms with E-state index in [9.17, 15) is 9.18 Å². The monoisotopic (exact) mass is 277 g/mol. The number of hydrogen-bond acceptors (Lipinski definition) is 2. The van der Waals surface area contributed by atoms with E-state index in [-0.39, 0.29) is 17.4 Å². The summed E-state index contributed by atoms with van der Waals surface area (Å²) in [6.45, 7) is 3.91. The molecule has 1 heterocycles. The first-order valence-electron chi connectivity index (χ1n) is 6.16. The van der Waals surface area contributed by atoms with Crippen molar-refractivity contribution in [3.8, 4) is 11.3 Å². The van der Waals surface area contributed by atoms with E-state index in [1.54, 1.807) is 22.8 Å². The van der Waals surface area contributed by atoms with Crippen LogP contribution in [0.5, 0.6) is 0 Å². The molecular weight excluding hydrogens is 261 g/mol. The molecule has 2 nitrogen and oxygen atoms in total. The predicted molar refractivity (Wildman–Crippen MR) is 79.2 cm³/mol. The molecule has 0 saturated carbocycles. The van der Waals surface area contributed by atoms with E-state index in [4.69, 9.17) is 0 Å². The highest BCUT2D eigenvalue weighted by Gasteiger charge is 2.12. The number of pyridine rings is 1. The van der Waals surface area contributed by atoms with E-state index in [2.05, 4.69) is 12.6 Å². The van der Waals surface area contributed by atoms with Crippen LogP contribution in [0.3, 0.4) is 0 Å². The maximum absolute atomic E-state index is 13.0. The summed E-state index contributed by atoms with van der Waals surface area (Å²) < 4.78 is 14.7. The minimum absolute atomic E-state index is 0.0346. The first-order chi connectivity index (χ1) is 9.04. The third kappa shape index (κ3) is 2.73. The van der Waals surface area contributed by atoms with Gasteiger partial charge in [-0.2, -0.15) is 12.6 Å². The maximum Gasteiger partial charge on any atom is 0.255 e. The SMILES string of the molecule is CC(C)n1c(-c2ccc(F)cc2)ccc(CS)c1=O. The molecule has 100 valence electrons. The van der Waals surface area contributed by atoms with E-state index in [0.29, 0.717) is 11.3 Å². The van der Waals surface area contributed by atoms with E-state index in [1.807, 2.05) is 19.9 Å². The van der Waals surface area contributed by atoms with Crippen molar-refractivity contribution < 1.29 is 4.39 Å². The molecule has 0 aliphatic carbocycles. The fourth-order valence-corrected chi connectivity index (χ4v) is 2.32. The number of hydrogen-bond donors (Lipinski definition) is 1. The fourth-order valence-electron chi connectivity index (χ4n) is 2.08. The highest BCUT2D eigenvalue weighted by atomic mass is 32.1. The summed E-state index contributed by atoms with van der Waals surface area (Å²) in [5, 5.41) is 0. The molecule has 0 atom stereocenters. The molecule has 0 amide bonds. The molecule has 0 fully saturated rings. The summed E-state index contributed by atoms with van der Waals surface area (Å²) in [6.07, 6.45) is 0. The van der Waals surface area contributed by atoms with Crippen molar-refractivity contribution in [1.82, 2.24) is 4.57 Å². The third-order valence-electron chi connectivity index (χ3n) is 3.02. The average Bonchev–Trinajstić information content (AvgIpc) is 2.38. The van der Waals surface area contributed by atoms with Gasteiger partial charge in [-0.1, -0.05) is 6.07 Å². The molecule has 2 rings (SSSR count). The highest BCUT2D eigenvalue weighted by Crippen LogP contribution is 2.22. The van der Waals surface area contributed by atoms with Crippen LogP contribution in [0.15, 0.2) is 41.2 Å². The second-order valence-electron chi connectivity index (χ2n) is 4.68. The lowest BCUT2D eigenvalue weighted by atomic mass is 10.1. The van der Waals surface area contributed by atoms with Gasteiger partial charge < -0.3 is 4.57 Å². The van der Waals surface area contributed by atoms with Gasteiger partial charge in [0.05, 0.1) is 5.69 Å². The predicted octanol–water partition coefficient (Wildman–Crippen LogP) is 3.67. The number of benzene rings is 1. The quantitative estimate of drug-likeness (QED) is 0.850. The fraction of sp³-hybridized carbons (Fsp3) is 0.267. The molecule has 0 aliphatic rings. The zero-order chi connectivity index (χ0) is 14.0. The van der Waals surface area contributed by atoms with E-state index < -0.39 is 0 Å². The Morgan fingerprint density at radius 3 is 2.32 bits per heavy atom. The highest BCUT2D eigenvalue weighted by molar-refractivity contribution is 7.79. The normalized spacial score (nSPS) is 11.0. The van der Waals surface area contributed by atoms with Crippen LogP contribution in [-0.4, -0.2) is 4.57 Å². The molecule has 0 saturated heterocycles. The van der Waals surface area contributed by atoms with Crippen LogP contribution in [0.25, 0.3) is 11.3 Å². The summed E-state index contributed by atoms with van der Waals surface area (Å²) in [6, 6.07) is 9.88. The third-order valence-corrected chi connectivity index (χ3v) is 3.36. The van der Waals surface area contributed by atoms with Crippen LogP contribution in [0, 0.1) is 5.82 Å². The van der Waals surface area contributed by atoms with Crippen molar-refractivity contribution in [2.75, 3.05) is 0 Å². The molecule has 0 aliphatic heterocycles. The second-order valence-corrected chi connectivity index (χ2v) is 4.99. The van der Waals surface area contributed by atoms with Crippen molar-refractivity contribution in [3.63, 3.8) is 0 Å². The smallest absolute Gasteiger partial charge is 0.255 e. The molecular formula is C15H16FNOS. The van der Waals surface area contributed by atoms with Crippen LogP contribution in [-0.2, 0) is 5.75 Å². The lowest BCUT2D eigenvalue weighted by Gasteiger charge is -2.17. The molecule has 19 heavy (non-hydrogen) atoms. The van der Waals surface area contributed by atoms with Crippen molar-refractivity contribution in [1.29, 1.82) is 0 Å². The zero-order valence-electron chi connectivity index (χ0n) is 10.9. The largest absolute Gasteiger partial charge is 0.306 e. The Morgan fingerprint density at radius 1 is 1.16 bits per heavy atom. The van der Waals surface area contributed by atoms with Gasteiger partial charge in [0, 0.05) is 17.4 Å². The Labute approximate surface area is 117 Å². The standard InChI is InChI=1S/C15H16FNOS/c1-10(2)17-14(8-5-12(9-19)15(17)18)11-3-6-13(16)7-4-11/h3-8,10,19H,9H2,1-2H3. The Morgan fingerprint density at radius 2 is 1.79 bits per heavy atom. The minimum atomic E-state index is -0.283. The lowest BCUT2D eigenvalue weighted by Crippen LogP contribution is -2.26. The molecule has 0 N–H and O–H groups in total. The van der Waals surface area contributed by atoms with Crippen molar-refractivity contribution in [3.05, 3.63) is 58.1 Å². The van der Waals surface area contributed by atoms with Gasteiger partial charge in [-0.3, -0.25) is 4.79 Å². The number of thiol groups is 1. The van der Waals surface area contributed by atoms with Crippen molar-refractivity contribution >= 4 is 12.6 Å². The van der Waals surface area contributed by atoms with Gasteiger partial charge >= 0.3 is 0 Å². The van der Waals surface area contributed by atoms with E-state index in [1.165, 1.54) is 12.1 Å². The Hall–Kier alpha value is -1.55. The summed E-state index contributed by atoms with van der Waals surface area (Å²) in [5.41, 5.74) is 2.26. The average molecular weight is 277 g/mol. The number of aromatic nitrogens is 1. The van der Waals surface area contributed by atoms with Gasteiger partial charge in [0.1, 0.15) is 5.82 Å².